The van der Waals surface area contributed by atoms with Gasteiger partial charge in [0.1, 0.15) is 0 Å². The highest BCUT2D eigenvalue weighted by Crippen LogP contribution is 2.34. The van der Waals surface area contributed by atoms with Crippen molar-refractivity contribution in [2.45, 2.75) is 85.5 Å². The maximum atomic E-state index is 2.37. The minimum absolute atomic E-state index is 1.16. The second kappa shape index (κ2) is 9.11. The van der Waals surface area contributed by atoms with E-state index in [1.165, 1.54) is 62.1 Å². The molecule has 2 rings (SSSR count). The smallest absolute Gasteiger partial charge is 0.0146 e. The van der Waals surface area contributed by atoms with E-state index in [0.29, 0.717) is 0 Å². The van der Waals surface area contributed by atoms with Crippen LogP contribution in [0.4, 0.5) is 0 Å². The normalized spacial score (nSPS) is 11.3. The van der Waals surface area contributed by atoms with Gasteiger partial charge in [0.15, 0.2) is 0 Å². The summed E-state index contributed by atoms with van der Waals surface area (Å²) >= 11 is 0. The van der Waals surface area contributed by atoms with Crippen LogP contribution in [0.25, 0.3) is 10.8 Å². The number of hydrogen-bond donors (Lipinski definition) is 0. The number of benzene rings is 2. The average Bonchev–Trinajstić information content (AvgIpc) is 2.58. The monoisotopic (exact) mass is 310 g/mol. The Hall–Kier alpha value is -1.30. The number of rotatable bonds is 9. The Bertz CT molecular complexity index is 621. The van der Waals surface area contributed by atoms with Crippen LogP contribution in [0.1, 0.15) is 82.1 Å². The molecule has 23 heavy (non-hydrogen) atoms. The fourth-order valence-electron chi connectivity index (χ4n) is 3.95. The van der Waals surface area contributed by atoms with Crippen LogP contribution in [0, 0.1) is 0 Å². The molecule has 0 bridgehead atoms. The number of aryl methyl sites for hydroxylation is 2. The van der Waals surface area contributed by atoms with Crippen LogP contribution < -0.4 is 0 Å². The van der Waals surface area contributed by atoms with Gasteiger partial charge in [-0.1, -0.05) is 71.2 Å². The van der Waals surface area contributed by atoms with Gasteiger partial charge >= 0.3 is 0 Å². The van der Waals surface area contributed by atoms with Gasteiger partial charge in [-0.25, -0.2) is 0 Å². The maximum Gasteiger partial charge on any atom is -0.0146 e. The van der Waals surface area contributed by atoms with Crippen molar-refractivity contribution in [3.05, 3.63) is 46.5 Å². The second-order valence-corrected chi connectivity index (χ2v) is 6.77. The Morgan fingerprint density at radius 2 is 1.09 bits per heavy atom. The zero-order valence-electron chi connectivity index (χ0n) is 15.7. The third kappa shape index (κ3) is 3.97. The average molecular weight is 311 g/mol. The molecule has 0 saturated heterocycles. The quantitative estimate of drug-likeness (QED) is 0.466. The van der Waals surface area contributed by atoms with Crippen LogP contribution in [-0.2, 0) is 25.7 Å². The highest BCUT2D eigenvalue weighted by Gasteiger charge is 2.17. The zero-order chi connectivity index (χ0) is 16.7. The molecule has 0 N–H and O–H groups in total. The topological polar surface area (TPSA) is 0 Å². The number of unbranched alkanes of at least 4 members (excludes halogenated alkanes) is 2. The number of hydrogen-bond acceptors (Lipinski definition) is 0. The Morgan fingerprint density at radius 3 is 1.61 bits per heavy atom. The van der Waals surface area contributed by atoms with Crippen molar-refractivity contribution in [1.82, 2.24) is 0 Å². The first-order chi connectivity index (χ1) is 11.3. The highest BCUT2D eigenvalue weighted by atomic mass is 14.2. The van der Waals surface area contributed by atoms with Crippen molar-refractivity contribution in [3.63, 3.8) is 0 Å². The van der Waals surface area contributed by atoms with Crippen molar-refractivity contribution in [1.29, 1.82) is 0 Å². The fraction of sp³-hybridized carbons (Fsp3) is 0.565. The summed E-state index contributed by atoms with van der Waals surface area (Å²) in [7, 11) is 0. The fourth-order valence-corrected chi connectivity index (χ4v) is 3.95. The summed E-state index contributed by atoms with van der Waals surface area (Å²) in [5.74, 6) is 0. The molecule has 0 amide bonds. The molecule has 0 saturated carbocycles. The van der Waals surface area contributed by atoms with Gasteiger partial charge in [-0.05, 0) is 71.6 Å². The number of fused-ring (bicyclic) bond motifs is 1. The van der Waals surface area contributed by atoms with Crippen molar-refractivity contribution in [3.8, 4) is 0 Å². The molecule has 0 spiro atoms. The van der Waals surface area contributed by atoms with Gasteiger partial charge in [-0.3, -0.25) is 0 Å². The molecule has 0 aliphatic carbocycles. The molecule has 2 aromatic carbocycles. The van der Waals surface area contributed by atoms with Crippen LogP contribution in [0.15, 0.2) is 24.3 Å². The summed E-state index contributed by atoms with van der Waals surface area (Å²) in [5.41, 5.74) is 6.68. The molecule has 0 heterocycles. The van der Waals surface area contributed by atoms with Gasteiger partial charge in [-0.2, -0.15) is 0 Å². The first-order valence-electron chi connectivity index (χ1n) is 9.82. The van der Waals surface area contributed by atoms with Gasteiger partial charge in [0, 0.05) is 0 Å². The predicted octanol–water partition coefficient (Wildman–Crippen LogP) is 7.04. The Kier molecular flexibility index (Phi) is 7.15. The SMILES string of the molecule is CCCCc1c(CCC)c(CC)c2ccccc2c1CCCC. The molecule has 0 unspecified atom stereocenters. The van der Waals surface area contributed by atoms with Crippen molar-refractivity contribution >= 4 is 10.8 Å². The molecule has 0 aromatic heterocycles. The lowest BCUT2D eigenvalue weighted by Crippen LogP contribution is -2.07. The molecule has 0 atom stereocenters. The van der Waals surface area contributed by atoms with Gasteiger partial charge in [0.25, 0.3) is 0 Å². The Labute approximate surface area is 143 Å². The van der Waals surface area contributed by atoms with Gasteiger partial charge in [0.05, 0.1) is 0 Å². The molecule has 126 valence electrons. The summed E-state index contributed by atoms with van der Waals surface area (Å²) in [5, 5.41) is 3.05. The molecule has 0 nitrogen and oxygen atoms in total. The Morgan fingerprint density at radius 1 is 0.565 bits per heavy atom. The minimum atomic E-state index is 1.16. The highest BCUT2D eigenvalue weighted by molar-refractivity contribution is 5.91. The summed E-state index contributed by atoms with van der Waals surface area (Å²) in [6.45, 7) is 9.27. The summed E-state index contributed by atoms with van der Waals surface area (Å²) in [6.07, 6.45) is 11.3. The first-order valence-corrected chi connectivity index (χ1v) is 9.82. The molecular weight excluding hydrogens is 276 g/mol. The van der Waals surface area contributed by atoms with Crippen molar-refractivity contribution in [2.75, 3.05) is 0 Å². The van der Waals surface area contributed by atoms with Crippen LogP contribution in [0.2, 0.25) is 0 Å². The van der Waals surface area contributed by atoms with Gasteiger partial charge in [0.2, 0.25) is 0 Å². The standard InChI is InChI=1S/C23H34/c1-5-9-14-21-19(13-7-3)18(8-4)20-16-11-12-17-23(20)22(21)15-10-6-2/h11-12,16-17H,5-10,13-15H2,1-4H3. The first kappa shape index (κ1) is 18.0. The molecular formula is C23H34. The summed E-state index contributed by atoms with van der Waals surface area (Å²) in [4.78, 5) is 0. The van der Waals surface area contributed by atoms with Crippen LogP contribution in [0.5, 0.6) is 0 Å². The van der Waals surface area contributed by atoms with E-state index in [1.807, 2.05) is 0 Å². The minimum Gasteiger partial charge on any atom is -0.0654 e. The van der Waals surface area contributed by atoms with E-state index in [1.54, 1.807) is 22.3 Å². The Balaban J connectivity index is 2.72. The molecule has 0 fully saturated rings. The second-order valence-electron chi connectivity index (χ2n) is 6.77. The van der Waals surface area contributed by atoms with Crippen molar-refractivity contribution in [2.24, 2.45) is 0 Å². The largest absolute Gasteiger partial charge is 0.0654 e. The van der Waals surface area contributed by atoms with E-state index in [4.69, 9.17) is 0 Å². The van der Waals surface area contributed by atoms with Crippen LogP contribution in [-0.4, -0.2) is 0 Å². The molecule has 0 radical (unpaired) electrons. The predicted molar refractivity (Wildman–Crippen MR) is 105 cm³/mol. The lowest BCUT2D eigenvalue weighted by molar-refractivity contribution is 0.747. The van der Waals surface area contributed by atoms with E-state index >= 15 is 0 Å². The van der Waals surface area contributed by atoms with E-state index in [0.717, 1.165) is 6.42 Å². The van der Waals surface area contributed by atoms with Crippen LogP contribution in [0.3, 0.4) is 0 Å². The van der Waals surface area contributed by atoms with Crippen molar-refractivity contribution < 1.29 is 0 Å². The molecule has 0 aliphatic rings. The third-order valence-electron chi connectivity index (χ3n) is 5.08. The summed E-state index contributed by atoms with van der Waals surface area (Å²) in [6, 6.07) is 9.16. The zero-order valence-corrected chi connectivity index (χ0v) is 15.7. The van der Waals surface area contributed by atoms with E-state index in [-0.39, 0.29) is 0 Å². The third-order valence-corrected chi connectivity index (χ3v) is 5.08. The van der Waals surface area contributed by atoms with Gasteiger partial charge < -0.3 is 0 Å². The lowest BCUT2D eigenvalue weighted by Gasteiger charge is -2.22. The van der Waals surface area contributed by atoms with E-state index in [9.17, 15) is 0 Å². The van der Waals surface area contributed by atoms with Crippen LogP contribution >= 0.6 is 0 Å². The molecule has 0 heteroatoms. The summed E-state index contributed by atoms with van der Waals surface area (Å²) < 4.78 is 0. The van der Waals surface area contributed by atoms with E-state index in [2.05, 4.69) is 52.0 Å². The van der Waals surface area contributed by atoms with Gasteiger partial charge in [-0.15, -0.1) is 0 Å². The maximum absolute atomic E-state index is 2.37. The van der Waals surface area contributed by atoms with E-state index < -0.39 is 0 Å². The lowest BCUT2D eigenvalue weighted by atomic mass is 9.82. The molecule has 0 aliphatic heterocycles. The molecule has 2 aromatic rings.